The van der Waals surface area contributed by atoms with E-state index in [0.29, 0.717) is 36.6 Å². The maximum atomic E-state index is 12.8. The lowest BCUT2D eigenvalue weighted by molar-refractivity contribution is -0.109. The number of anilines is 1. The molecular weight excluding hydrogens is 508 g/mol. The Morgan fingerprint density at radius 3 is 2.15 bits per heavy atom. The van der Waals surface area contributed by atoms with Crippen LogP contribution in [0.2, 0.25) is 0 Å². The van der Waals surface area contributed by atoms with Gasteiger partial charge in [0.2, 0.25) is 0 Å². The second-order valence-electron chi connectivity index (χ2n) is 7.09. The second kappa shape index (κ2) is 20.9. The summed E-state index contributed by atoms with van der Waals surface area (Å²) in [5, 5.41) is 16.4. The molecule has 214 valence electrons. The highest BCUT2D eigenvalue weighted by atomic mass is 19.3. The van der Waals surface area contributed by atoms with Crippen LogP contribution in [0, 0.1) is 0 Å². The van der Waals surface area contributed by atoms with Gasteiger partial charge in [0, 0.05) is 37.5 Å². The van der Waals surface area contributed by atoms with Crippen LogP contribution in [0.5, 0.6) is 23.0 Å². The third kappa shape index (κ3) is 12.8. The predicted octanol–water partition coefficient (Wildman–Crippen LogP) is 6.61. The molecule has 0 aliphatic rings. The van der Waals surface area contributed by atoms with Gasteiger partial charge >= 0.3 is 6.61 Å². The van der Waals surface area contributed by atoms with Crippen LogP contribution in [-0.2, 0) is 17.9 Å². The number of hydrogen-bond donors (Lipinski definition) is 2. The Morgan fingerprint density at radius 2 is 1.56 bits per heavy atom. The van der Waals surface area contributed by atoms with Crippen molar-refractivity contribution >= 4 is 12.0 Å². The third-order valence-corrected chi connectivity index (χ3v) is 4.83. The van der Waals surface area contributed by atoms with Gasteiger partial charge in [-0.3, -0.25) is 4.79 Å². The molecule has 39 heavy (non-hydrogen) atoms. The number of halogens is 2. The summed E-state index contributed by atoms with van der Waals surface area (Å²) in [6, 6.07) is 18.4. The molecule has 9 heteroatoms. The van der Waals surface area contributed by atoms with E-state index in [-0.39, 0.29) is 24.7 Å². The predicted molar refractivity (Wildman–Crippen MR) is 151 cm³/mol. The lowest BCUT2D eigenvalue weighted by Gasteiger charge is -2.27. The standard InChI is InChI=1S/C25H25F2NO5.C2H6.C2H4.CH4O/c1-2-28(16-18-4-3-5-22(14-18)31-13-12-29)24-15-23(33-25(26)27)9-6-19(24)17-32-21-10-7-20(30)8-11-21;3*1-2/h3-12,14-15,25,30H,2,13,16-17H2,1H3;1-2H3;1-2H2;2H,1H3. The monoisotopic (exact) mass is 547 g/mol. The van der Waals surface area contributed by atoms with Gasteiger partial charge in [-0.2, -0.15) is 8.78 Å². The third-order valence-electron chi connectivity index (χ3n) is 4.83. The van der Waals surface area contributed by atoms with Crippen molar-refractivity contribution in [2.75, 3.05) is 25.2 Å². The summed E-state index contributed by atoms with van der Waals surface area (Å²) >= 11 is 0. The minimum atomic E-state index is -2.93. The van der Waals surface area contributed by atoms with E-state index in [1.165, 1.54) is 18.2 Å². The minimum absolute atomic E-state index is 0.0350. The minimum Gasteiger partial charge on any atom is -0.508 e. The molecule has 3 rings (SSSR count). The summed E-state index contributed by atoms with van der Waals surface area (Å²) in [7, 11) is 1.00. The first-order chi connectivity index (χ1) is 19.0. The van der Waals surface area contributed by atoms with Gasteiger partial charge in [0.15, 0.2) is 6.29 Å². The fourth-order valence-electron chi connectivity index (χ4n) is 3.29. The molecular formula is C30H39F2NO6. The molecule has 0 saturated heterocycles. The highest BCUT2D eigenvalue weighted by Gasteiger charge is 2.15. The zero-order valence-electron chi connectivity index (χ0n) is 23.0. The van der Waals surface area contributed by atoms with E-state index >= 15 is 0 Å². The number of aromatic hydroxyl groups is 1. The Hall–Kier alpha value is -4.11. The number of hydrogen-bond acceptors (Lipinski definition) is 7. The summed E-state index contributed by atoms with van der Waals surface area (Å²) in [6.07, 6.45) is 0.680. The molecule has 0 aliphatic heterocycles. The second-order valence-corrected chi connectivity index (χ2v) is 7.09. The first-order valence-electron chi connectivity index (χ1n) is 12.3. The maximum absolute atomic E-state index is 12.8. The van der Waals surface area contributed by atoms with Gasteiger partial charge in [-0.15, -0.1) is 13.2 Å². The lowest BCUT2D eigenvalue weighted by Crippen LogP contribution is -2.24. The fraction of sp³-hybridized carbons (Fsp3) is 0.300. The number of alkyl halides is 2. The summed E-state index contributed by atoms with van der Waals surface area (Å²) in [5.41, 5.74) is 2.39. The van der Waals surface area contributed by atoms with Crippen LogP contribution < -0.4 is 19.1 Å². The highest BCUT2D eigenvalue weighted by Crippen LogP contribution is 2.30. The first kappa shape index (κ1) is 34.9. The molecule has 0 fully saturated rings. The van der Waals surface area contributed by atoms with Gasteiger partial charge in [0.05, 0.1) is 0 Å². The Bertz CT molecular complexity index is 1060. The van der Waals surface area contributed by atoms with Crippen molar-refractivity contribution < 1.29 is 38.0 Å². The van der Waals surface area contributed by atoms with Gasteiger partial charge in [-0.1, -0.05) is 26.0 Å². The van der Waals surface area contributed by atoms with Crippen molar-refractivity contribution in [3.05, 3.63) is 91.0 Å². The van der Waals surface area contributed by atoms with Gasteiger partial charge < -0.3 is 29.3 Å². The van der Waals surface area contributed by atoms with Crippen LogP contribution in [0.25, 0.3) is 0 Å². The maximum Gasteiger partial charge on any atom is 0.387 e. The summed E-state index contributed by atoms with van der Waals surface area (Å²) < 4.78 is 41.4. The van der Waals surface area contributed by atoms with Crippen LogP contribution in [-0.4, -0.2) is 43.4 Å². The summed E-state index contributed by atoms with van der Waals surface area (Å²) in [4.78, 5) is 12.6. The molecule has 0 spiro atoms. The van der Waals surface area contributed by atoms with Gasteiger partial charge in [0.25, 0.3) is 0 Å². The molecule has 0 radical (unpaired) electrons. The van der Waals surface area contributed by atoms with E-state index < -0.39 is 6.61 Å². The number of aliphatic hydroxyl groups is 1. The van der Waals surface area contributed by atoms with Crippen LogP contribution in [0.3, 0.4) is 0 Å². The SMILES string of the molecule is C=C.CC.CCN(Cc1cccc(OCC=O)c1)c1cc(OC(F)F)ccc1COc1ccc(O)cc1.CO. The molecule has 3 aromatic carbocycles. The zero-order valence-corrected chi connectivity index (χ0v) is 23.0. The van der Waals surface area contributed by atoms with Crippen LogP contribution >= 0.6 is 0 Å². The van der Waals surface area contributed by atoms with Crippen molar-refractivity contribution in [2.45, 2.75) is 40.5 Å². The van der Waals surface area contributed by atoms with E-state index in [9.17, 15) is 18.7 Å². The van der Waals surface area contributed by atoms with Crippen LogP contribution in [0.4, 0.5) is 14.5 Å². The largest absolute Gasteiger partial charge is 0.508 e. The fourth-order valence-corrected chi connectivity index (χ4v) is 3.29. The molecule has 0 aliphatic carbocycles. The van der Waals surface area contributed by atoms with E-state index in [4.69, 9.17) is 14.6 Å². The topological polar surface area (TPSA) is 88.5 Å². The molecule has 0 saturated carbocycles. The van der Waals surface area contributed by atoms with Crippen molar-refractivity contribution in [1.29, 1.82) is 0 Å². The average Bonchev–Trinajstić information content (AvgIpc) is 2.98. The van der Waals surface area contributed by atoms with Crippen molar-refractivity contribution in [3.63, 3.8) is 0 Å². The molecule has 0 amide bonds. The molecule has 0 aromatic heterocycles. The quantitative estimate of drug-likeness (QED) is 0.195. The van der Waals surface area contributed by atoms with Gasteiger partial charge in [0.1, 0.15) is 36.2 Å². The smallest absolute Gasteiger partial charge is 0.387 e. The lowest BCUT2D eigenvalue weighted by atomic mass is 10.1. The number of carbonyl (C=O) groups is 1. The van der Waals surface area contributed by atoms with Crippen LogP contribution in [0.15, 0.2) is 79.9 Å². The number of benzene rings is 3. The van der Waals surface area contributed by atoms with Gasteiger partial charge in [-0.05, 0) is 61.0 Å². The van der Waals surface area contributed by atoms with E-state index in [2.05, 4.69) is 17.9 Å². The number of rotatable bonds is 12. The number of phenolic OH excluding ortho intramolecular Hbond substituents is 1. The Labute approximate surface area is 229 Å². The number of carbonyl (C=O) groups excluding carboxylic acids is 1. The molecule has 0 unspecified atom stereocenters. The molecule has 2 N–H and O–H groups in total. The van der Waals surface area contributed by atoms with E-state index in [0.717, 1.165) is 18.2 Å². The van der Waals surface area contributed by atoms with Gasteiger partial charge in [-0.25, -0.2) is 0 Å². The summed E-state index contributed by atoms with van der Waals surface area (Å²) in [6.45, 7) is 10.2. The number of phenols is 1. The zero-order chi connectivity index (χ0) is 29.6. The number of aliphatic hydroxyl groups excluding tert-OH is 1. The molecule has 0 atom stereocenters. The highest BCUT2D eigenvalue weighted by molar-refractivity contribution is 5.58. The normalized spacial score (nSPS) is 9.44. The summed E-state index contributed by atoms with van der Waals surface area (Å²) in [5.74, 6) is 1.32. The van der Waals surface area contributed by atoms with E-state index in [1.54, 1.807) is 30.3 Å². The number of nitrogens with zero attached hydrogens (tertiary/aromatic N) is 1. The molecule has 0 heterocycles. The van der Waals surface area contributed by atoms with E-state index in [1.807, 2.05) is 43.9 Å². The first-order valence-corrected chi connectivity index (χ1v) is 12.3. The molecule has 7 nitrogen and oxygen atoms in total. The van der Waals surface area contributed by atoms with Crippen molar-refractivity contribution in [1.82, 2.24) is 0 Å². The van der Waals surface area contributed by atoms with Crippen molar-refractivity contribution in [3.8, 4) is 23.0 Å². The van der Waals surface area contributed by atoms with Crippen molar-refractivity contribution in [2.24, 2.45) is 0 Å². The Balaban J connectivity index is 0.00000225. The van der Waals surface area contributed by atoms with Crippen LogP contribution in [0.1, 0.15) is 31.9 Å². The molecule has 0 bridgehead atoms. The number of ether oxygens (including phenoxy) is 3. The Kier molecular flexibility index (Phi) is 18.7. The molecule has 3 aromatic rings. The Morgan fingerprint density at radius 1 is 0.923 bits per heavy atom. The average molecular weight is 548 g/mol. The number of aldehydes is 1.